The predicted octanol–water partition coefficient (Wildman–Crippen LogP) is 2.14. The van der Waals surface area contributed by atoms with Gasteiger partial charge in [0.1, 0.15) is 6.61 Å². The van der Waals surface area contributed by atoms with E-state index in [0.717, 1.165) is 11.3 Å². The van der Waals surface area contributed by atoms with Gasteiger partial charge in [0.15, 0.2) is 11.5 Å². The molecule has 0 fully saturated rings. The van der Waals surface area contributed by atoms with Gasteiger partial charge in [-0.25, -0.2) is 0 Å². The lowest BCUT2D eigenvalue weighted by molar-refractivity contribution is 0.262. The van der Waals surface area contributed by atoms with Crippen molar-refractivity contribution < 1.29 is 14.2 Å². The van der Waals surface area contributed by atoms with E-state index in [1.807, 2.05) is 30.3 Å². The number of rotatable bonds is 6. The summed E-state index contributed by atoms with van der Waals surface area (Å²) in [7, 11) is 3.19. The van der Waals surface area contributed by atoms with Crippen LogP contribution in [0.1, 0.15) is 11.3 Å². The zero-order chi connectivity index (χ0) is 14.4. The zero-order valence-corrected chi connectivity index (χ0v) is 11.6. The van der Waals surface area contributed by atoms with E-state index in [-0.39, 0.29) is 0 Å². The number of hydrogen-bond acceptors (Lipinski definition) is 5. The number of benzene rings is 1. The summed E-state index contributed by atoms with van der Waals surface area (Å²) in [4.78, 5) is 4.29. The van der Waals surface area contributed by atoms with Crippen molar-refractivity contribution in [3.05, 3.63) is 47.8 Å². The maximum absolute atomic E-state index is 5.77. The molecule has 1 aromatic carbocycles. The Labute approximate surface area is 118 Å². The fourth-order valence-corrected chi connectivity index (χ4v) is 1.77. The number of para-hydroxylation sites is 1. The normalized spacial score (nSPS) is 10.2. The molecule has 5 nitrogen and oxygen atoms in total. The summed E-state index contributed by atoms with van der Waals surface area (Å²) >= 11 is 0. The average Bonchev–Trinajstić information content (AvgIpc) is 2.52. The molecule has 1 aromatic heterocycles. The molecule has 5 heteroatoms. The van der Waals surface area contributed by atoms with Gasteiger partial charge in [0.05, 0.1) is 19.9 Å². The molecule has 2 rings (SSSR count). The molecule has 0 spiro atoms. The Morgan fingerprint density at radius 3 is 2.25 bits per heavy atom. The summed E-state index contributed by atoms with van der Waals surface area (Å²) in [5.74, 6) is 1.83. The lowest BCUT2D eigenvalue weighted by Gasteiger charge is -2.13. The lowest BCUT2D eigenvalue weighted by atomic mass is 10.2. The number of aromatic nitrogens is 1. The fourth-order valence-electron chi connectivity index (χ4n) is 1.77. The minimum atomic E-state index is 0.335. The van der Waals surface area contributed by atoms with Crippen molar-refractivity contribution in [2.24, 2.45) is 5.73 Å². The van der Waals surface area contributed by atoms with Gasteiger partial charge in [-0.3, -0.25) is 4.98 Å². The van der Waals surface area contributed by atoms with Crippen LogP contribution in [0, 0.1) is 0 Å². The van der Waals surface area contributed by atoms with Crippen LogP contribution in [-0.2, 0) is 13.2 Å². The van der Waals surface area contributed by atoms with Crippen molar-refractivity contribution >= 4 is 0 Å². The largest absolute Gasteiger partial charge is 0.493 e. The van der Waals surface area contributed by atoms with Crippen molar-refractivity contribution in [2.75, 3.05) is 14.2 Å². The summed E-state index contributed by atoms with van der Waals surface area (Å²) in [6.45, 7) is 0.816. The van der Waals surface area contributed by atoms with E-state index in [1.165, 1.54) is 0 Å². The number of pyridine rings is 1. The van der Waals surface area contributed by atoms with E-state index in [9.17, 15) is 0 Å². The number of nitrogens with zero attached hydrogens (tertiary/aromatic N) is 1. The maximum atomic E-state index is 5.77. The molecule has 0 aliphatic heterocycles. The van der Waals surface area contributed by atoms with Gasteiger partial charge < -0.3 is 19.9 Å². The van der Waals surface area contributed by atoms with Gasteiger partial charge in [0.2, 0.25) is 5.75 Å². The van der Waals surface area contributed by atoms with Gasteiger partial charge in [-0.15, -0.1) is 0 Å². The van der Waals surface area contributed by atoms with Gasteiger partial charge >= 0.3 is 0 Å². The molecule has 0 bridgehead atoms. The molecule has 0 radical (unpaired) electrons. The first-order chi connectivity index (χ1) is 9.78. The maximum Gasteiger partial charge on any atom is 0.203 e. The molecule has 0 saturated heterocycles. The van der Waals surface area contributed by atoms with Crippen LogP contribution in [0.15, 0.2) is 36.5 Å². The number of ether oxygens (including phenoxy) is 3. The van der Waals surface area contributed by atoms with Gasteiger partial charge in [-0.1, -0.05) is 12.1 Å². The minimum Gasteiger partial charge on any atom is -0.493 e. The molecule has 0 aliphatic rings. The molecular weight excluding hydrogens is 256 g/mol. The van der Waals surface area contributed by atoms with Crippen molar-refractivity contribution in [1.29, 1.82) is 0 Å². The van der Waals surface area contributed by atoms with Crippen molar-refractivity contribution in [2.45, 2.75) is 13.2 Å². The molecule has 20 heavy (non-hydrogen) atoms. The first kappa shape index (κ1) is 14.1. The van der Waals surface area contributed by atoms with Crippen LogP contribution in [0.4, 0.5) is 0 Å². The van der Waals surface area contributed by atoms with Gasteiger partial charge in [0.25, 0.3) is 0 Å². The first-order valence-corrected chi connectivity index (χ1v) is 6.26. The number of nitrogens with two attached hydrogens (primary N) is 1. The van der Waals surface area contributed by atoms with E-state index in [0.29, 0.717) is 30.4 Å². The molecule has 2 aromatic rings. The Balaban J connectivity index is 2.13. The van der Waals surface area contributed by atoms with Crippen LogP contribution in [0.5, 0.6) is 17.2 Å². The summed E-state index contributed by atoms with van der Waals surface area (Å²) in [5, 5.41) is 0. The molecule has 0 aliphatic carbocycles. The molecule has 1 heterocycles. The third-order valence-corrected chi connectivity index (χ3v) is 2.87. The highest BCUT2D eigenvalue weighted by molar-refractivity contribution is 5.51. The molecule has 0 saturated carbocycles. The Kier molecular flexibility index (Phi) is 4.79. The van der Waals surface area contributed by atoms with Crippen molar-refractivity contribution in [3.63, 3.8) is 0 Å². The van der Waals surface area contributed by atoms with E-state index < -0.39 is 0 Å². The van der Waals surface area contributed by atoms with Crippen LogP contribution in [0.25, 0.3) is 0 Å². The third kappa shape index (κ3) is 3.19. The minimum absolute atomic E-state index is 0.335. The van der Waals surface area contributed by atoms with Gasteiger partial charge in [-0.2, -0.15) is 0 Å². The number of hydrogen-bond donors (Lipinski definition) is 1. The first-order valence-electron chi connectivity index (χ1n) is 6.26. The molecule has 2 N–H and O–H groups in total. The van der Waals surface area contributed by atoms with Crippen LogP contribution < -0.4 is 19.9 Å². The van der Waals surface area contributed by atoms with Gasteiger partial charge in [-0.05, 0) is 23.8 Å². The average molecular weight is 274 g/mol. The van der Waals surface area contributed by atoms with Crippen molar-refractivity contribution in [1.82, 2.24) is 4.98 Å². The smallest absolute Gasteiger partial charge is 0.203 e. The van der Waals surface area contributed by atoms with Gasteiger partial charge in [0, 0.05) is 12.7 Å². The molecule has 0 atom stereocenters. The van der Waals surface area contributed by atoms with Crippen LogP contribution in [0.3, 0.4) is 0 Å². The standard InChI is InChI=1S/C15H18N2O3/c1-18-13-4-3-5-14(19-2)15(13)20-10-12-7-6-11(8-16)9-17-12/h3-7,9H,8,10,16H2,1-2H3. The molecular formula is C15H18N2O3. The molecule has 106 valence electrons. The predicted molar refractivity (Wildman–Crippen MR) is 76.0 cm³/mol. The quantitative estimate of drug-likeness (QED) is 0.874. The van der Waals surface area contributed by atoms with Crippen LogP contribution >= 0.6 is 0 Å². The Morgan fingerprint density at radius 2 is 1.75 bits per heavy atom. The van der Waals surface area contributed by atoms with Crippen molar-refractivity contribution in [3.8, 4) is 17.2 Å². The summed E-state index contributed by atoms with van der Waals surface area (Å²) in [5.41, 5.74) is 7.34. The zero-order valence-electron chi connectivity index (χ0n) is 11.6. The Bertz CT molecular complexity index is 533. The second kappa shape index (κ2) is 6.77. The Morgan fingerprint density at radius 1 is 1.05 bits per heavy atom. The second-order valence-corrected chi connectivity index (χ2v) is 4.14. The van der Waals surface area contributed by atoms with E-state index >= 15 is 0 Å². The van der Waals surface area contributed by atoms with E-state index in [2.05, 4.69) is 4.98 Å². The highest BCUT2D eigenvalue weighted by atomic mass is 16.5. The number of methoxy groups -OCH3 is 2. The van der Waals surface area contributed by atoms with Crippen LogP contribution in [0.2, 0.25) is 0 Å². The SMILES string of the molecule is COc1cccc(OC)c1OCc1ccc(CN)cn1. The summed E-state index contributed by atoms with van der Waals surface area (Å²) in [6, 6.07) is 9.32. The third-order valence-electron chi connectivity index (χ3n) is 2.87. The highest BCUT2D eigenvalue weighted by Gasteiger charge is 2.11. The topological polar surface area (TPSA) is 66.6 Å². The lowest BCUT2D eigenvalue weighted by Crippen LogP contribution is -2.03. The van der Waals surface area contributed by atoms with E-state index in [1.54, 1.807) is 20.4 Å². The highest BCUT2D eigenvalue weighted by Crippen LogP contribution is 2.37. The molecule has 0 amide bonds. The summed E-state index contributed by atoms with van der Waals surface area (Å²) < 4.78 is 16.3. The fraction of sp³-hybridized carbons (Fsp3) is 0.267. The Hall–Kier alpha value is -2.27. The van der Waals surface area contributed by atoms with E-state index in [4.69, 9.17) is 19.9 Å². The summed E-state index contributed by atoms with van der Waals surface area (Å²) in [6.07, 6.45) is 1.75. The van der Waals surface area contributed by atoms with Crippen LogP contribution in [-0.4, -0.2) is 19.2 Å². The monoisotopic (exact) mass is 274 g/mol. The molecule has 0 unspecified atom stereocenters. The second-order valence-electron chi connectivity index (χ2n) is 4.14.